The number of ether oxygens (including phenoxy) is 2. The quantitative estimate of drug-likeness (QED) is 0.463. The van der Waals surface area contributed by atoms with Crippen LogP contribution in [0, 0.1) is 5.82 Å². The molecule has 0 saturated carbocycles. The number of methoxy groups -OCH3 is 1. The van der Waals surface area contributed by atoms with Gasteiger partial charge in [0.05, 0.1) is 11.6 Å². The fraction of sp³-hybridized carbons (Fsp3) is 0.238. The van der Waals surface area contributed by atoms with Gasteiger partial charge in [0.25, 0.3) is 5.91 Å². The highest BCUT2D eigenvalue weighted by molar-refractivity contribution is 9.10. The Morgan fingerprint density at radius 3 is 2.66 bits per heavy atom. The lowest BCUT2D eigenvalue weighted by molar-refractivity contribution is -0.122. The molecule has 5 nitrogen and oxygen atoms in total. The van der Waals surface area contributed by atoms with Crippen LogP contribution in [0.1, 0.15) is 24.5 Å². The van der Waals surface area contributed by atoms with Crippen LogP contribution in [-0.2, 0) is 11.4 Å². The van der Waals surface area contributed by atoms with Gasteiger partial charge in [-0.15, -0.1) is 0 Å². The molecule has 1 N–H and O–H groups in total. The van der Waals surface area contributed by atoms with E-state index in [-0.39, 0.29) is 18.3 Å². The van der Waals surface area contributed by atoms with E-state index in [0.717, 1.165) is 17.5 Å². The minimum absolute atomic E-state index is 0.149. The average molecular weight is 479 g/mol. The third kappa shape index (κ3) is 4.94. The van der Waals surface area contributed by atoms with Crippen LogP contribution >= 0.6 is 28.1 Å². The first-order valence-electron chi connectivity index (χ1n) is 9.02. The normalized spacial score (nSPS) is 15.0. The van der Waals surface area contributed by atoms with Crippen LogP contribution in [0.2, 0.25) is 0 Å². The molecule has 1 aliphatic heterocycles. The predicted octanol–water partition coefficient (Wildman–Crippen LogP) is 4.64. The minimum atomic E-state index is -0.294. The van der Waals surface area contributed by atoms with Crippen molar-refractivity contribution in [3.8, 4) is 11.5 Å². The van der Waals surface area contributed by atoms with Crippen LogP contribution < -0.4 is 14.8 Å². The first kappa shape index (κ1) is 21.3. The van der Waals surface area contributed by atoms with Gasteiger partial charge in [0.15, 0.2) is 16.6 Å². The maximum Gasteiger partial charge on any atom is 0.276 e. The summed E-state index contributed by atoms with van der Waals surface area (Å²) in [5.41, 5.74) is 1.99. The first-order chi connectivity index (χ1) is 13.9. The molecule has 8 heteroatoms. The fourth-order valence-corrected chi connectivity index (χ4v) is 3.72. The summed E-state index contributed by atoms with van der Waals surface area (Å²) in [7, 11) is 1.54. The topological polar surface area (TPSA) is 50.8 Å². The number of carbonyl (C=O) groups excluding carboxylic acids is 1. The Morgan fingerprint density at radius 1 is 1.28 bits per heavy atom. The number of benzene rings is 2. The highest BCUT2D eigenvalue weighted by atomic mass is 79.9. The van der Waals surface area contributed by atoms with Crippen molar-refractivity contribution in [3.63, 3.8) is 0 Å². The average Bonchev–Trinajstić information content (AvgIpc) is 2.96. The van der Waals surface area contributed by atoms with Gasteiger partial charge < -0.3 is 14.8 Å². The summed E-state index contributed by atoms with van der Waals surface area (Å²) in [6, 6.07) is 9.71. The molecular weight excluding hydrogens is 459 g/mol. The molecule has 2 aromatic carbocycles. The standard InChI is InChI=1S/C21H20BrFN2O3S/c1-3-8-25-20(26)17(24-21(25)29)10-14-9-16(22)19(18(11-14)27-2)28-12-13-4-6-15(23)7-5-13/h4-7,9-11H,3,8,12H2,1-2H3,(H,24,29)/b17-10-. The van der Waals surface area contributed by atoms with E-state index in [4.69, 9.17) is 21.7 Å². The lowest BCUT2D eigenvalue weighted by Crippen LogP contribution is -2.31. The van der Waals surface area contributed by atoms with Gasteiger partial charge >= 0.3 is 0 Å². The zero-order valence-corrected chi connectivity index (χ0v) is 18.4. The molecule has 0 bridgehead atoms. The van der Waals surface area contributed by atoms with Gasteiger partial charge in [-0.2, -0.15) is 0 Å². The molecule has 1 saturated heterocycles. The van der Waals surface area contributed by atoms with Crippen LogP contribution in [0.4, 0.5) is 4.39 Å². The summed E-state index contributed by atoms with van der Waals surface area (Å²) in [5.74, 6) is 0.583. The van der Waals surface area contributed by atoms with Gasteiger partial charge in [0, 0.05) is 6.54 Å². The largest absolute Gasteiger partial charge is 0.493 e. The Morgan fingerprint density at radius 2 is 2.00 bits per heavy atom. The zero-order chi connectivity index (χ0) is 21.0. The SMILES string of the molecule is CCCN1C(=O)/C(=C/c2cc(Br)c(OCc3ccc(F)cc3)c(OC)c2)NC1=S. The Labute approximate surface area is 182 Å². The van der Waals surface area contributed by atoms with Crippen molar-refractivity contribution in [2.75, 3.05) is 13.7 Å². The number of amides is 1. The van der Waals surface area contributed by atoms with E-state index in [2.05, 4.69) is 21.2 Å². The summed E-state index contributed by atoms with van der Waals surface area (Å²) in [5, 5.41) is 3.37. The van der Waals surface area contributed by atoms with Gasteiger partial charge in [-0.3, -0.25) is 9.69 Å². The Balaban J connectivity index is 1.82. The number of carbonyl (C=O) groups is 1. The summed E-state index contributed by atoms with van der Waals surface area (Å²) < 4.78 is 25.1. The minimum Gasteiger partial charge on any atom is -0.493 e. The third-order valence-electron chi connectivity index (χ3n) is 4.27. The van der Waals surface area contributed by atoms with Gasteiger partial charge in [0.2, 0.25) is 0 Å². The van der Waals surface area contributed by atoms with Crippen molar-refractivity contribution in [1.29, 1.82) is 0 Å². The second-order valence-corrected chi connectivity index (χ2v) is 7.64. The Hall–Kier alpha value is -2.45. The smallest absolute Gasteiger partial charge is 0.276 e. The van der Waals surface area contributed by atoms with Crippen LogP contribution in [-0.4, -0.2) is 29.6 Å². The van der Waals surface area contributed by atoms with Gasteiger partial charge in [-0.05, 0) is 76.0 Å². The molecule has 152 valence electrons. The van der Waals surface area contributed by atoms with Crippen LogP contribution in [0.25, 0.3) is 6.08 Å². The lowest BCUT2D eigenvalue weighted by atomic mass is 10.1. The van der Waals surface area contributed by atoms with Crippen LogP contribution in [0.15, 0.2) is 46.6 Å². The van der Waals surface area contributed by atoms with Gasteiger partial charge in [-0.25, -0.2) is 4.39 Å². The molecule has 1 amide bonds. The number of nitrogens with zero attached hydrogens (tertiary/aromatic N) is 1. The number of hydrogen-bond donors (Lipinski definition) is 1. The first-order valence-corrected chi connectivity index (χ1v) is 10.2. The summed E-state index contributed by atoms with van der Waals surface area (Å²) in [6.45, 7) is 2.82. The van der Waals surface area contributed by atoms with Crippen molar-refractivity contribution in [3.05, 3.63) is 63.5 Å². The molecule has 0 aliphatic carbocycles. The van der Waals surface area contributed by atoms with E-state index >= 15 is 0 Å². The molecule has 29 heavy (non-hydrogen) atoms. The maximum absolute atomic E-state index is 13.0. The van der Waals surface area contributed by atoms with Gasteiger partial charge in [0.1, 0.15) is 18.1 Å². The number of nitrogens with one attached hydrogen (secondary N) is 1. The van der Waals surface area contributed by atoms with Crippen molar-refractivity contribution in [2.24, 2.45) is 0 Å². The molecule has 1 heterocycles. The van der Waals surface area contributed by atoms with E-state index in [1.165, 1.54) is 12.1 Å². The van der Waals surface area contributed by atoms with E-state index in [9.17, 15) is 9.18 Å². The molecule has 0 radical (unpaired) electrons. The van der Waals surface area contributed by atoms with E-state index in [0.29, 0.717) is 33.3 Å². The Kier molecular flexibility index (Phi) is 6.87. The van der Waals surface area contributed by atoms with Crippen molar-refractivity contribution >= 4 is 45.2 Å². The van der Waals surface area contributed by atoms with Crippen molar-refractivity contribution < 1.29 is 18.7 Å². The molecule has 0 spiro atoms. The monoisotopic (exact) mass is 478 g/mol. The summed E-state index contributed by atoms with van der Waals surface area (Å²) in [6.07, 6.45) is 2.54. The predicted molar refractivity (Wildman–Crippen MR) is 117 cm³/mol. The highest BCUT2D eigenvalue weighted by Crippen LogP contribution is 2.38. The van der Waals surface area contributed by atoms with Crippen LogP contribution in [0.3, 0.4) is 0 Å². The summed E-state index contributed by atoms with van der Waals surface area (Å²) >= 11 is 8.74. The number of rotatable bonds is 7. The molecular formula is C21H20BrFN2O3S. The number of thiocarbonyl (C=S) groups is 1. The molecule has 0 aromatic heterocycles. The molecule has 3 rings (SSSR count). The zero-order valence-electron chi connectivity index (χ0n) is 16.0. The second-order valence-electron chi connectivity index (χ2n) is 6.39. The second kappa shape index (κ2) is 9.37. The molecule has 0 atom stereocenters. The molecule has 0 unspecified atom stereocenters. The molecule has 1 fully saturated rings. The number of hydrogen-bond acceptors (Lipinski definition) is 4. The maximum atomic E-state index is 13.0. The van der Waals surface area contributed by atoms with Crippen molar-refractivity contribution in [2.45, 2.75) is 20.0 Å². The summed E-state index contributed by atoms with van der Waals surface area (Å²) in [4.78, 5) is 14.1. The van der Waals surface area contributed by atoms with Crippen LogP contribution in [0.5, 0.6) is 11.5 Å². The van der Waals surface area contributed by atoms with E-state index in [1.807, 2.05) is 13.0 Å². The van der Waals surface area contributed by atoms with Crippen molar-refractivity contribution in [1.82, 2.24) is 10.2 Å². The molecule has 2 aromatic rings. The third-order valence-corrected chi connectivity index (χ3v) is 5.18. The lowest BCUT2D eigenvalue weighted by Gasteiger charge is -2.14. The van der Waals surface area contributed by atoms with Gasteiger partial charge in [-0.1, -0.05) is 19.1 Å². The number of halogens is 2. The fourth-order valence-electron chi connectivity index (χ4n) is 2.86. The van der Waals surface area contributed by atoms with E-state index < -0.39 is 0 Å². The van der Waals surface area contributed by atoms with E-state index in [1.54, 1.807) is 36.3 Å². The Bertz CT molecular complexity index is 963. The highest BCUT2D eigenvalue weighted by Gasteiger charge is 2.29. The molecule has 1 aliphatic rings.